The van der Waals surface area contributed by atoms with Crippen molar-refractivity contribution in [3.63, 3.8) is 0 Å². The largest absolute Gasteiger partial charge is 0.286 e. The summed E-state index contributed by atoms with van der Waals surface area (Å²) in [5.74, 6) is 0.812. The fourth-order valence-electron chi connectivity index (χ4n) is 0.977. The van der Waals surface area contributed by atoms with Crippen molar-refractivity contribution in [2.45, 2.75) is 13.5 Å². The van der Waals surface area contributed by atoms with Crippen molar-refractivity contribution >= 4 is 6.21 Å². The molecule has 1 aromatic heterocycles. The molecule has 0 N–H and O–H groups in total. The van der Waals surface area contributed by atoms with E-state index in [1.165, 1.54) is 0 Å². The molecule has 10 heavy (non-hydrogen) atoms. The van der Waals surface area contributed by atoms with Gasteiger partial charge in [-0.1, -0.05) is 0 Å². The minimum absolute atomic E-state index is 0.746. The molecule has 0 aliphatic carbocycles. The normalized spacial score (nSPS) is 13.7. The lowest BCUT2D eigenvalue weighted by Crippen LogP contribution is -1.94. The molecule has 0 aromatic carbocycles. The molecule has 50 valence electrons. The summed E-state index contributed by atoms with van der Waals surface area (Å²) in [6.07, 6.45) is 3.63. The van der Waals surface area contributed by atoms with E-state index >= 15 is 0 Å². The van der Waals surface area contributed by atoms with Crippen LogP contribution in [0.4, 0.5) is 0 Å². The molecule has 0 bridgehead atoms. The van der Waals surface area contributed by atoms with Gasteiger partial charge in [0.1, 0.15) is 5.82 Å². The first-order chi connectivity index (χ1) is 4.86. The van der Waals surface area contributed by atoms with E-state index in [2.05, 4.69) is 15.0 Å². The SMILES string of the molecule is Cc1ncc2c(n1)C=NC2. The molecule has 1 aliphatic heterocycles. The second kappa shape index (κ2) is 1.87. The van der Waals surface area contributed by atoms with Crippen LogP contribution in [0.3, 0.4) is 0 Å². The standard InChI is InChI=1S/C7H7N3/c1-5-9-3-6-2-8-4-7(6)10-5/h3-4H,2H2,1H3. The second-order valence-corrected chi connectivity index (χ2v) is 2.30. The smallest absolute Gasteiger partial charge is 0.125 e. The molecule has 0 spiro atoms. The predicted octanol–water partition coefficient (Wildman–Crippen LogP) is 0.718. The Labute approximate surface area is 58.9 Å². The van der Waals surface area contributed by atoms with Crippen molar-refractivity contribution in [1.82, 2.24) is 9.97 Å². The van der Waals surface area contributed by atoms with Crippen LogP contribution in [0.25, 0.3) is 0 Å². The average Bonchev–Trinajstić information content (AvgIpc) is 2.33. The molecular formula is C7H7N3. The third-order valence-corrected chi connectivity index (χ3v) is 1.49. The zero-order chi connectivity index (χ0) is 6.97. The van der Waals surface area contributed by atoms with Crippen LogP contribution < -0.4 is 0 Å². The van der Waals surface area contributed by atoms with Gasteiger partial charge in [0, 0.05) is 18.0 Å². The van der Waals surface area contributed by atoms with Crippen LogP contribution in [0.1, 0.15) is 17.1 Å². The van der Waals surface area contributed by atoms with E-state index in [0.717, 1.165) is 23.6 Å². The molecule has 0 saturated heterocycles. The third kappa shape index (κ3) is 0.708. The van der Waals surface area contributed by atoms with Crippen molar-refractivity contribution < 1.29 is 0 Å². The van der Waals surface area contributed by atoms with E-state index < -0.39 is 0 Å². The van der Waals surface area contributed by atoms with Crippen LogP contribution in [0.5, 0.6) is 0 Å². The average molecular weight is 133 g/mol. The lowest BCUT2D eigenvalue weighted by atomic mass is 10.3. The van der Waals surface area contributed by atoms with Gasteiger partial charge in [0.25, 0.3) is 0 Å². The summed E-state index contributed by atoms with van der Waals surface area (Å²) in [4.78, 5) is 12.3. The number of aromatic nitrogens is 2. The molecule has 3 heteroatoms. The number of fused-ring (bicyclic) bond motifs is 1. The topological polar surface area (TPSA) is 38.1 Å². The number of hydrogen-bond donors (Lipinski definition) is 0. The zero-order valence-electron chi connectivity index (χ0n) is 5.70. The summed E-state index contributed by atoms with van der Waals surface area (Å²) < 4.78 is 0. The summed E-state index contributed by atoms with van der Waals surface area (Å²) in [5, 5.41) is 0. The molecule has 1 aliphatic rings. The molecule has 0 saturated carbocycles. The monoisotopic (exact) mass is 133 g/mol. The van der Waals surface area contributed by atoms with Gasteiger partial charge in [-0.3, -0.25) is 4.99 Å². The van der Waals surface area contributed by atoms with Gasteiger partial charge in [-0.15, -0.1) is 0 Å². The van der Waals surface area contributed by atoms with E-state index in [0.29, 0.717) is 0 Å². The van der Waals surface area contributed by atoms with Gasteiger partial charge in [-0.25, -0.2) is 9.97 Å². The Morgan fingerprint density at radius 1 is 1.50 bits per heavy atom. The molecule has 1 aromatic rings. The lowest BCUT2D eigenvalue weighted by molar-refractivity contribution is 0.993. The Balaban J connectivity index is 2.60. The maximum absolute atomic E-state index is 4.19. The third-order valence-electron chi connectivity index (χ3n) is 1.49. The van der Waals surface area contributed by atoms with Crippen molar-refractivity contribution in [3.05, 3.63) is 23.3 Å². The number of aryl methyl sites for hydroxylation is 1. The summed E-state index contributed by atoms with van der Waals surface area (Å²) in [7, 11) is 0. The van der Waals surface area contributed by atoms with Crippen LogP contribution in [-0.4, -0.2) is 16.2 Å². The molecule has 3 nitrogen and oxygen atoms in total. The molecular weight excluding hydrogens is 126 g/mol. The van der Waals surface area contributed by atoms with Gasteiger partial charge in [0.15, 0.2) is 0 Å². The first-order valence-corrected chi connectivity index (χ1v) is 3.18. The van der Waals surface area contributed by atoms with E-state index in [9.17, 15) is 0 Å². The van der Waals surface area contributed by atoms with Gasteiger partial charge >= 0.3 is 0 Å². The summed E-state index contributed by atoms with van der Waals surface area (Å²) in [6.45, 7) is 2.63. The summed E-state index contributed by atoms with van der Waals surface area (Å²) in [6, 6.07) is 0. The minimum atomic E-state index is 0.746. The molecule has 0 atom stereocenters. The zero-order valence-corrected chi connectivity index (χ0v) is 5.70. The Kier molecular flexibility index (Phi) is 1.03. The quantitative estimate of drug-likeness (QED) is 0.523. The molecule has 2 rings (SSSR count). The molecule has 2 heterocycles. The fourth-order valence-corrected chi connectivity index (χ4v) is 0.977. The first kappa shape index (κ1) is 5.53. The molecule has 0 amide bonds. The van der Waals surface area contributed by atoms with Gasteiger partial charge < -0.3 is 0 Å². The van der Waals surface area contributed by atoms with Crippen molar-refractivity contribution in [1.29, 1.82) is 0 Å². The predicted molar refractivity (Wildman–Crippen MR) is 38.1 cm³/mol. The number of nitrogens with zero attached hydrogens (tertiary/aromatic N) is 3. The maximum Gasteiger partial charge on any atom is 0.125 e. The van der Waals surface area contributed by atoms with Crippen LogP contribution in [0, 0.1) is 6.92 Å². The van der Waals surface area contributed by atoms with E-state index in [4.69, 9.17) is 0 Å². The van der Waals surface area contributed by atoms with Crippen molar-refractivity contribution in [2.75, 3.05) is 0 Å². The van der Waals surface area contributed by atoms with E-state index in [1.807, 2.05) is 13.1 Å². The minimum Gasteiger partial charge on any atom is -0.286 e. The van der Waals surface area contributed by atoms with Gasteiger partial charge in [0.2, 0.25) is 0 Å². The highest BCUT2D eigenvalue weighted by Crippen LogP contribution is 2.09. The van der Waals surface area contributed by atoms with Gasteiger partial charge in [0.05, 0.1) is 12.2 Å². The molecule has 0 unspecified atom stereocenters. The van der Waals surface area contributed by atoms with Gasteiger partial charge in [-0.05, 0) is 6.92 Å². The van der Waals surface area contributed by atoms with Crippen LogP contribution >= 0.6 is 0 Å². The molecule has 0 radical (unpaired) electrons. The van der Waals surface area contributed by atoms with Crippen LogP contribution in [0.15, 0.2) is 11.2 Å². The Morgan fingerprint density at radius 3 is 3.30 bits per heavy atom. The van der Waals surface area contributed by atoms with Crippen molar-refractivity contribution in [3.8, 4) is 0 Å². The Hall–Kier alpha value is -1.25. The van der Waals surface area contributed by atoms with E-state index in [1.54, 1.807) is 6.21 Å². The molecule has 0 fully saturated rings. The number of hydrogen-bond acceptors (Lipinski definition) is 3. The fraction of sp³-hybridized carbons (Fsp3) is 0.286. The summed E-state index contributed by atoms with van der Waals surface area (Å²) >= 11 is 0. The first-order valence-electron chi connectivity index (χ1n) is 3.18. The van der Waals surface area contributed by atoms with Crippen molar-refractivity contribution in [2.24, 2.45) is 4.99 Å². The lowest BCUT2D eigenvalue weighted by Gasteiger charge is -1.94. The highest BCUT2D eigenvalue weighted by molar-refractivity contribution is 5.81. The van der Waals surface area contributed by atoms with Gasteiger partial charge in [-0.2, -0.15) is 0 Å². The summed E-state index contributed by atoms with van der Waals surface area (Å²) in [5.41, 5.74) is 2.11. The number of rotatable bonds is 0. The van der Waals surface area contributed by atoms with Crippen LogP contribution in [-0.2, 0) is 6.54 Å². The van der Waals surface area contributed by atoms with E-state index in [-0.39, 0.29) is 0 Å². The maximum atomic E-state index is 4.19. The number of aliphatic imine (C=N–C) groups is 1. The second-order valence-electron chi connectivity index (χ2n) is 2.30. The highest BCUT2D eigenvalue weighted by atomic mass is 14.9. The Bertz CT molecular complexity index is 291. The Morgan fingerprint density at radius 2 is 2.40 bits per heavy atom. The highest BCUT2D eigenvalue weighted by Gasteiger charge is 2.06. The van der Waals surface area contributed by atoms with Crippen LogP contribution in [0.2, 0.25) is 0 Å².